The minimum atomic E-state index is -0.228. The second kappa shape index (κ2) is 5.65. The molecule has 3 fully saturated rings. The van der Waals surface area contributed by atoms with Crippen LogP contribution in [0.3, 0.4) is 0 Å². The molecule has 6 heteroatoms. The zero-order valence-electron chi connectivity index (χ0n) is 12.8. The second-order valence-corrected chi connectivity index (χ2v) is 7.17. The van der Waals surface area contributed by atoms with Crippen LogP contribution in [-0.4, -0.2) is 53.9 Å². The molecule has 124 valence electrons. The number of aliphatic hydroxyl groups is 1. The van der Waals surface area contributed by atoms with Gasteiger partial charge in [-0.2, -0.15) is 0 Å². The third kappa shape index (κ3) is 2.51. The fourth-order valence-electron chi connectivity index (χ4n) is 4.39. The molecular weight excluding hydrogens is 318 g/mol. The molecule has 4 atom stereocenters. The molecule has 1 N–H and O–H groups in total. The number of likely N-dealkylation sites (tertiary alicyclic amines) is 1. The van der Waals surface area contributed by atoms with Crippen LogP contribution in [-0.2, 0) is 9.53 Å². The minimum absolute atomic E-state index is 0.0116. The van der Waals surface area contributed by atoms with Crippen molar-refractivity contribution in [1.29, 1.82) is 0 Å². The lowest BCUT2D eigenvalue weighted by molar-refractivity contribution is -0.134. The summed E-state index contributed by atoms with van der Waals surface area (Å²) in [5, 5.41) is 10.2. The molecule has 1 aromatic rings. The average molecular weight is 338 g/mol. The van der Waals surface area contributed by atoms with E-state index in [0.717, 1.165) is 12.8 Å². The van der Waals surface area contributed by atoms with Crippen molar-refractivity contribution in [3.8, 4) is 5.75 Å². The fraction of sp³-hybridized carbons (Fsp3) is 0.588. The van der Waals surface area contributed by atoms with E-state index in [-0.39, 0.29) is 42.7 Å². The number of nitrogens with zero attached hydrogens (tertiary/aromatic N) is 1. The van der Waals surface area contributed by atoms with Crippen LogP contribution < -0.4 is 4.74 Å². The summed E-state index contributed by atoms with van der Waals surface area (Å²) in [5.74, 6) is 1.02. The molecule has 1 aromatic carbocycles. The van der Waals surface area contributed by atoms with Crippen LogP contribution in [0.15, 0.2) is 24.3 Å². The summed E-state index contributed by atoms with van der Waals surface area (Å²) in [5.41, 5.74) is -0.228. The van der Waals surface area contributed by atoms with Crippen LogP contribution >= 0.6 is 11.6 Å². The first-order valence-electron chi connectivity index (χ1n) is 8.06. The number of halogens is 1. The Morgan fingerprint density at radius 3 is 2.96 bits per heavy atom. The van der Waals surface area contributed by atoms with Crippen LogP contribution in [0.25, 0.3) is 0 Å². The fourth-order valence-corrected chi connectivity index (χ4v) is 4.52. The first-order valence-corrected chi connectivity index (χ1v) is 8.44. The Labute approximate surface area is 140 Å². The van der Waals surface area contributed by atoms with Crippen molar-refractivity contribution >= 4 is 17.5 Å². The van der Waals surface area contributed by atoms with E-state index in [4.69, 9.17) is 21.1 Å². The first kappa shape index (κ1) is 15.2. The summed E-state index contributed by atoms with van der Waals surface area (Å²) in [4.78, 5) is 14.3. The van der Waals surface area contributed by atoms with Crippen molar-refractivity contribution in [2.24, 2.45) is 11.8 Å². The summed E-state index contributed by atoms with van der Waals surface area (Å²) in [7, 11) is 0. The second-order valence-electron chi connectivity index (χ2n) is 6.73. The van der Waals surface area contributed by atoms with E-state index in [2.05, 4.69) is 0 Å². The Balaban J connectivity index is 1.38. The van der Waals surface area contributed by atoms with Gasteiger partial charge in [-0.05, 0) is 37.1 Å². The Kier molecular flexibility index (Phi) is 3.75. The maximum Gasteiger partial charge on any atom is 0.260 e. The molecule has 5 nitrogen and oxygen atoms in total. The number of carbonyl (C=O) groups excluding carboxylic acids is 1. The Bertz CT molecular complexity index is 607. The van der Waals surface area contributed by atoms with Crippen molar-refractivity contribution in [3.05, 3.63) is 29.3 Å². The molecule has 1 amide bonds. The molecule has 4 rings (SSSR count). The van der Waals surface area contributed by atoms with Gasteiger partial charge in [-0.25, -0.2) is 0 Å². The van der Waals surface area contributed by atoms with Gasteiger partial charge < -0.3 is 19.5 Å². The zero-order chi connectivity index (χ0) is 16.0. The number of aliphatic hydroxyl groups excluding tert-OH is 1. The van der Waals surface area contributed by atoms with Gasteiger partial charge in [0.25, 0.3) is 5.91 Å². The van der Waals surface area contributed by atoms with Crippen LogP contribution in [0.1, 0.15) is 12.8 Å². The minimum Gasteiger partial charge on any atom is -0.484 e. The van der Waals surface area contributed by atoms with Gasteiger partial charge in [0.05, 0.1) is 18.2 Å². The molecule has 3 saturated heterocycles. The third-order valence-corrected chi connectivity index (χ3v) is 5.78. The number of benzene rings is 1. The first-order chi connectivity index (χ1) is 11.1. The zero-order valence-corrected chi connectivity index (χ0v) is 13.5. The van der Waals surface area contributed by atoms with Crippen LogP contribution in [0.2, 0.25) is 5.02 Å². The molecule has 2 bridgehead atoms. The maximum atomic E-state index is 12.4. The molecule has 0 radical (unpaired) electrons. The van der Waals surface area contributed by atoms with Gasteiger partial charge in [0.1, 0.15) is 5.75 Å². The van der Waals surface area contributed by atoms with E-state index >= 15 is 0 Å². The van der Waals surface area contributed by atoms with Gasteiger partial charge in [-0.15, -0.1) is 0 Å². The van der Waals surface area contributed by atoms with Gasteiger partial charge in [0.2, 0.25) is 0 Å². The molecule has 0 saturated carbocycles. The molecular formula is C17H20ClNO4. The van der Waals surface area contributed by atoms with Gasteiger partial charge in [0, 0.05) is 30.0 Å². The monoisotopic (exact) mass is 337 g/mol. The number of hydrogen-bond donors (Lipinski definition) is 1. The van der Waals surface area contributed by atoms with Crippen molar-refractivity contribution in [2.75, 3.05) is 26.3 Å². The van der Waals surface area contributed by atoms with Crippen LogP contribution in [0.5, 0.6) is 5.75 Å². The normalized spacial score (nSPS) is 34.7. The van der Waals surface area contributed by atoms with E-state index in [0.29, 0.717) is 23.9 Å². The van der Waals surface area contributed by atoms with E-state index in [1.165, 1.54) is 0 Å². The lowest BCUT2D eigenvalue weighted by atomic mass is 9.74. The van der Waals surface area contributed by atoms with E-state index < -0.39 is 0 Å². The number of ether oxygens (including phenoxy) is 2. The predicted octanol–water partition coefficient (Wildman–Crippen LogP) is 1.72. The largest absolute Gasteiger partial charge is 0.484 e. The summed E-state index contributed by atoms with van der Waals surface area (Å²) in [6, 6.07) is 6.97. The maximum absolute atomic E-state index is 12.4. The van der Waals surface area contributed by atoms with Gasteiger partial charge >= 0.3 is 0 Å². The van der Waals surface area contributed by atoms with Crippen LogP contribution in [0.4, 0.5) is 0 Å². The van der Waals surface area contributed by atoms with Crippen molar-refractivity contribution in [3.63, 3.8) is 0 Å². The highest BCUT2D eigenvalue weighted by Gasteiger charge is 2.63. The SMILES string of the molecule is O=C(COc1ccc(Cl)cc1)N1C[C@@H]2[C@H](CO)[C@H]3CC[C@]2(C1)O3. The Hall–Kier alpha value is -1.30. The number of carbonyl (C=O) groups is 1. The molecule has 0 unspecified atom stereocenters. The number of fused-ring (bicyclic) bond motifs is 1. The smallest absolute Gasteiger partial charge is 0.260 e. The Morgan fingerprint density at radius 2 is 2.22 bits per heavy atom. The molecule has 1 spiro atoms. The average Bonchev–Trinajstić information content (AvgIpc) is 3.21. The Morgan fingerprint density at radius 1 is 1.43 bits per heavy atom. The lowest BCUT2D eigenvalue weighted by Crippen LogP contribution is -2.38. The van der Waals surface area contributed by atoms with E-state index in [1.807, 2.05) is 4.90 Å². The summed E-state index contributed by atoms with van der Waals surface area (Å²) in [6.07, 6.45) is 2.15. The van der Waals surface area contributed by atoms with E-state index in [1.54, 1.807) is 24.3 Å². The topological polar surface area (TPSA) is 59.0 Å². The van der Waals surface area contributed by atoms with Crippen molar-refractivity contribution in [1.82, 2.24) is 4.90 Å². The van der Waals surface area contributed by atoms with Gasteiger partial charge in [0.15, 0.2) is 6.61 Å². The van der Waals surface area contributed by atoms with Gasteiger partial charge in [-0.3, -0.25) is 4.79 Å². The lowest BCUT2D eigenvalue weighted by Gasteiger charge is -2.27. The molecule has 0 aromatic heterocycles. The molecule has 3 heterocycles. The van der Waals surface area contributed by atoms with E-state index in [9.17, 15) is 9.90 Å². The predicted molar refractivity (Wildman–Crippen MR) is 84.4 cm³/mol. The number of hydrogen-bond acceptors (Lipinski definition) is 4. The quantitative estimate of drug-likeness (QED) is 0.909. The highest BCUT2D eigenvalue weighted by molar-refractivity contribution is 6.30. The van der Waals surface area contributed by atoms with Gasteiger partial charge in [-0.1, -0.05) is 11.6 Å². The third-order valence-electron chi connectivity index (χ3n) is 5.52. The summed E-state index contributed by atoms with van der Waals surface area (Å²) in [6.45, 7) is 1.43. The number of rotatable bonds is 4. The standard InChI is InChI=1S/C17H20ClNO4/c18-11-1-3-12(4-2-11)22-9-16(21)19-7-14-13(8-20)15-5-6-17(14,10-19)23-15/h1-4,13-15,20H,5-10H2/t13-,14+,15+,17+/m0/s1. The highest BCUT2D eigenvalue weighted by atomic mass is 35.5. The van der Waals surface area contributed by atoms with Crippen molar-refractivity contribution in [2.45, 2.75) is 24.5 Å². The van der Waals surface area contributed by atoms with Crippen LogP contribution in [0, 0.1) is 11.8 Å². The summed E-state index contributed by atoms with van der Waals surface area (Å²) >= 11 is 5.83. The number of amides is 1. The highest BCUT2D eigenvalue weighted by Crippen LogP contribution is 2.54. The molecule has 23 heavy (non-hydrogen) atoms. The molecule has 3 aliphatic rings. The van der Waals surface area contributed by atoms with Crippen molar-refractivity contribution < 1.29 is 19.4 Å². The molecule has 3 aliphatic heterocycles. The summed E-state index contributed by atoms with van der Waals surface area (Å²) < 4.78 is 11.7. The molecule has 0 aliphatic carbocycles.